The number of pyridine rings is 2. The molecular formula is C22H19N3O6S. The van der Waals surface area contributed by atoms with E-state index in [2.05, 4.69) is 0 Å². The summed E-state index contributed by atoms with van der Waals surface area (Å²) in [6.45, 7) is 0.454. The Morgan fingerprint density at radius 3 is 3.06 bits per heavy atom. The molecule has 0 fully saturated rings. The quantitative estimate of drug-likeness (QED) is 0.444. The third-order valence-corrected chi connectivity index (χ3v) is 7.42. The molecule has 0 radical (unpaired) electrons. The highest BCUT2D eigenvalue weighted by atomic mass is 32.2. The summed E-state index contributed by atoms with van der Waals surface area (Å²) < 4.78 is 18.1. The van der Waals surface area contributed by atoms with Gasteiger partial charge in [-0.25, -0.2) is 4.98 Å². The molecule has 0 saturated carbocycles. The monoisotopic (exact) mass is 453 g/mol. The number of hydrogen-bond donors (Lipinski definition) is 2. The molecule has 6 rings (SSSR count). The van der Waals surface area contributed by atoms with Crippen LogP contribution >= 0.6 is 11.8 Å². The Hall–Kier alpha value is -2.92. The summed E-state index contributed by atoms with van der Waals surface area (Å²) in [6.07, 6.45) is -1.03. The molecule has 3 aliphatic rings. The van der Waals surface area contributed by atoms with Crippen LogP contribution in [-0.4, -0.2) is 40.6 Å². The van der Waals surface area contributed by atoms with Gasteiger partial charge in [-0.05, 0) is 11.6 Å². The Bertz CT molecular complexity index is 1390. The van der Waals surface area contributed by atoms with Crippen LogP contribution in [0.3, 0.4) is 0 Å². The van der Waals surface area contributed by atoms with Crippen LogP contribution in [0.15, 0.2) is 21.8 Å². The lowest BCUT2D eigenvalue weighted by atomic mass is 9.94. The van der Waals surface area contributed by atoms with Crippen molar-refractivity contribution in [2.24, 2.45) is 5.73 Å². The average Bonchev–Trinajstić information content (AvgIpc) is 3.41. The lowest BCUT2D eigenvalue weighted by molar-refractivity contribution is -0.115. The van der Waals surface area contributed by atoms with E-state index in [0.29, 0.717) is 47.0 Å². The molecule has 5 heterocycles. The van der Waals surface area contributed by atoms with E-state index in [1.54, 1.807) is 22.4 Å². The predicted octanol–water partition coefficient (Wildman–Crippen LogP) is 1.64. The molecule has 9 nitrogen and oxygen atoms in total. The largest absolute Gasteiger partial charge is 0.453 e. The molecule has 0 spiro atoms. The molecule has 2 unspecified atom stereocenters. The zero-order chi connectivity index (χ0) is 22.1. The minimum absolute atomic E-state index is 0.0142. The first-order valence-corrected chi connectivity index (χ1v) is 11.1. The molecule has 2 atom stereocenters. The number of aliphatic hydroxyl groups is 1. The van der Waals surface area contributed by atoms with E-state index >= 15 is 0 Å². The number of carbonyl (C=O) groups is 1. The van der Waals surface area contributed by atoms with Crippen molar-refractivity contribution in [1.29, 1.82) is 0 Å². The Labute approximate surface area is 186 Å². The highest BCUT2D eigenvalue weighted by Gasteiger charge is 2.35. The molecule has 2 aromatic heterocycles. The Balaban J connectivity index is 1.67. The lowest BCUT2D eigenvalue weighted by Gasteiger charge is -2.25. The van der Waals surface area contributed by atoms with Gasteiger partial charge in [-0.2, -0.15) is 0 Å². The lowest BCUT2D eigenvalue weighted by Crippen LogP contribution is -2.26. The first kappa shape index (κ1) is 19.7. The van der Waals surface area contributed by atoms with Crippen LogP contribution in [0.5, 0.6) is 11.5 Å². The number of hydrogen-bond acceptors (Lipinski definition) is 9. The fraction of sp³-hybridized carbons (Fsp3) is 0.318. The fourth-order valence-electron chi connectivity index (χ4n) is 4.84. The summed E-state index contributed by atoms with van der Waals surface area (Å²) in [6, 6.07) is 3.25. The Kier molecular flexibility index (Phi) is 4.34. The van der Waals surface area contributed by atoms with Crippen molar-refractivity contribution in [2.75, 3.05) is 19.7 Å². The van der Waals surface area contributed by atoms with Gasteiger partial charge in [0.05, 0.1) is 35.0 Å². The van der Waals surface area contributed by atoms with E-state index < -0.39 is 6.10 Å². The minimum Gasteiger partial charge on any atom is -0.453 e. The summed E-state index contributed by atoms with van der Waals surface area (Å²) in [5, 5.41) is 11.2. The number of fused-ring (bicyclic) bond motifs is 6. The second-order valence-electron chi connectivity index (χ2n) is 7.97. The van der Waals surface area contributed by atoms with Crippen LogP contribution in [0.2, 0.25) is 0 Å². The maximum atomic E-state index is 13.3. The molecule has 0 saturated heterocycles. The normalized spacial score (nSPS) is 18.5. The predicted molar refractivity (Wildman–Crippen MR) is 116 cm³/mol. The van der Waals surface area contributed by atoms with Gasteiger partial charge in [0.25, 0.3) is 5.56 Å². The second-order valence-corrected chi connectivity index (χ2v) is 9.00. The summed E-state index contributed by atoms with van der Waals surface area (Å²) in [5.74, 6) is 2.01. The van der Waals surface area contributed by atoms with Crippen LogP contribution in [0, 0.1) is 0 Å². The van der Waals surface area contributed by atoms with Gasteiger partial charge in [-0.3, -0.25) is 4.79 Å². The topological polar surface area (TPSA) is 126 Å². The smallest absolute Gasteiger partial charge is 0.257 e. The number of ether oxygens (including phenoxy) is 3. The summed E-state index contributed by atoms with van der Waals surface area (Å²) in [4.78, 5) is 30.5. The number of rotatable bonds is 4. The van der Waals surface area contributed by atoms with E-state index in [1.807, 2.05) is 6.07 Å². The van der Waals surface area contributed by atoms with Crippen molar-refractivity contribution < 1.29 is 24.1 Å². The van der Waals surface area contributed by atoms with Crippen molar-refractivity contribution in [3.05, 3.63) is 44.7 Å². The standard InChI is InChI=1S/C22H19N3O6S/c1-29-6-11-9(15(27)5-26)2-14-19-10(4-25(14)22(11)28)17-12(23)7-32-21-18(17)13(24-19)3-16-20(21)31-8-30-16/h2-3,5,12,15,27H,4,6-8,23H2,1H3. The van der Waals surface area contributed by atoms with E-state index in [-0.39, 0.29) is 36.1 Å². The van der Waals surface area contributed by atoms with Gasteiger partial charge in [-0.15, -0.1) is 11.8 Å². The molecule has 3 aromatic rings. The number of aldehydes is 1. The molecule has 0 aliphatic carbocycles. The maximum Gasteiger partial charge on any atom is 0.257 e. The van der Waals surface area contributed by atoms with E-state index in [1.165, 1.54) is 7.11 Å². The molecular weight excluding hydrogens is 434 g/mol. The van der Waals surface area contributed by atoms with Gasteiger partial charge in [-0.1, -0.05) is 0 Å². The van der Waals surface area contributed by atoms with E-state index in [9.17, 15) is 14.7 Å². The maximum absolute atomic E-state index is 13.3. The second kappa shape index (κ2) is 7.04. The number of aliphatic hydroxyl groups excluding tert-OH is 1. The molecule has 1 aromatic carbocycles. The third-order valence-electron chi connectivity index (χ3n) is 6.22. The van der Waals surface area contributed by atoms with Crippen LogP contribution in [0.4, 0.5) is 0 Å². The van der Waals surface area contributed by atoms with Crippen molar-refractivity contribution in [3.8, 4) is 22.9 Å². The number of thioether (sulfide) groups is 1. The number of methoxy groups -OCH3 is 1. The van der Waals surface area contributed by atoms with Crippen LogP contribution in [-0.2, 0) is 22.7 Å². The number of aromatic nitrogens is 2. The van der Waals surface area contributed by atoms with Gasteiger partial charge in [0.1, 0.15) is 6.10 Å². The number of nitrogens with zero attached hydrogens (tertiary/aromatic N) is 2. The zero-order valence-corrected chi connectivity index (χ0v) is 17.9. The van der Waals surface area contributed by atoms with Gasteiger partial charge < -0.3 is 34.4 Å². The van der Waals surface area contributed by atoms with Crippen molar-refractivity contribution in [3.63, 3.8) is 0 Å². The first-order valence-electron chi connectivity index (χ1n) is 10.1. The minimum atomic E-state index is -1.43. The fourth-order valence-corrected chi connectivity index (χ4v) is 6.00. The first-order chi connectivity index (χ1) is 15.5. The van der Waals surface area contributed by atoms with Crippen LogP contribution < -0.4 is 20.8 Å². The number of nitrogens with two attached hydrogens (primary N) is 1. The molecule has 3 N–H and O–H groups in total. The molecule has 3 aliphatic heterocycles. The summed E-state index contributed by atoms with van der Waals surface area (Å²) in [7, 11) is 1.46. The van der Waals surface area contributed by atoms with Crippen molar-refractivity contribution in [1.82, 2.24) is 9.55 Å². The number of carbonyl (C=O) groups excluding carboxylic acids is 1. The zero-order valence-electron chi connectivity index (χ0n) is 17.1. The Morgan fingerprint density at radius 1 is 1.44 bits per heavy atom. The third kappa shape index (κ3) is 2.54. The Morgan fingerprint density at radius 2 is 2.28 bits per heavy atom. The van der Waals surface area contributed by atoms with Gasteiger partial charge >= 0.3 is 0 Å². The van der Waals surface area contributed by atoms with Crippen LogP contribution in [0.1, 0.15) is 34.4 Å². The van der Waals surface area contributed by atoms with Crippen molar-refractivity contribution >= 4 is 29.0 Å². The molecule has 0 amide bonds. The SMILES string of the molecule is COCc1c(C(O)C=O)cc2n(c1=O)Cc1c-2nc2cc3c(c4c2c1C(N)CS4)OCO3. The molecule has 164 valence electrons. The van der Waals surface area contributed by atoms with Crippen LogP contribution in [0.25, 0.3) is 22.3 Å². The molecule has 0 bridgehead atoms. The molecule has 10 heteroatoms. The highest BCUT2D eigenvalue weighted by molar-refractivity contribution is 7.99. The average molecular weight is 453 g/mol. The summed E-state index contributed by atoms with van der Waals surface area (Å²) >= 11 is 1.62. The highest BCUT2D eigenvalue weighted by Crippen LogP contribution is 2.52. The van der Waals surface area contributed by atoms with E-state index in [4.69, 9.17) is 24.9 Å². The van der Waals surface area contributed by atoms with Crippen molar-refractivity contribution in [2.45, 2.75) is 30.2 Å². The van der Waals surface area contributed by atoms with Gasteiger partial charge in [0.2, 0.25) is 6.79 Å². The van der Waals surface area contributed by atoms with Gasteiger partial charge in [0.15, 0.2) is 17.8 Å². The van der Waals surface area contributed by atoms with Gasteiger partial charge in [0, 0.05) is 47.0 Å². The molecule has 32 heavy (non-hydrogen) atoms. The van der Waals surface area contributed by atoms with E-state index in [0.717, 1.165) is 21.4 Å². The summed E-state index contributed by atoms with van der Waals surface area (Å²) in [5.41, 5.74) is 10.4. The number of benzene rings is 1.